The van der Waals surface area contributed by atoms with E-state index in [1.54, 1.807) is 6.07 Å². The minimum atomic E-state index is -0.221. The number of anilines is 1. The van der Waals surface area contributed by atoms with Crippen molar-refractivity contribution in [1.82, 2.24) is 5.32 Å². The minimum Gasteiger partial charge on any atom is -0.456 e. The van der Waals surface area contributed by atoms with Crippen LogP contribution in [0.1, 0.15) is 28.8 Å². The maximum absolute atomic E-state index is 12.0. The lowest BCUT2D eigenvalue weighted by atomic mass is 10.2. The highest BCUT2D eigenvalue weighted by Crippen LogP contribution is 2.14. The molecule has 100 valence electrons. The molecule has 2 rings (SSSR count). The van der Waals surface area contributed by atoms with E-state index in [0.29, 0.717) is 5.76 Å². The Morgan fingerprint density at radius 2 is 2.11 bits per heavy atom. The van der Waals surface area contributed by atoms with Crippen molar-refractivity contribution in [2.45, 2.75) is 19.9 Å². The first kappa shape index (κ1) is 13.4. The number of benzene rings is 1. The first-order valence-electron chi connectivity index (χ1n) is 6.36. The molecule has 0 unspecified atom stereocenters. The quantitative estimate of drug-likeness (QED) is 0.867. The van der Waals surface area contributed by atoms with Gasteiger partial charge in [0.15, 0.2) is 5.76 Å². The van der Waals surface area contributed by atoms with Gasteiger partial charge < -0.3 is 15.1 Å². The molecule has 4 heteroatoms. The molecule has 0 atom stereocenters. The van der Waals surface area contributed by atoms with Gasteiger partial charge in [-0.05, 0) is 36.9 Å². The van der Waals surface area contributed by atoms with Gasteiger partial charge in [0.1, 0.15) is 5.76 Å². The molecule has 1 heterocycles. The lowest BCUT2D eigenvalue weighted by Crippen LogP contribution is -2.11. The van der Waals surface area contributed by atoms with Crippen LogP contribution in [-0.4, -0.2) is 13.0 Å². The van der Waals surface area contributed by atoms with Gasteiger partial charge in [-0.2, -0.15) is 0 Å². The number of hydrogen-bond donors (Lipinski definition) is 2. The van der Waals surface area contributed by atoms with E-state index in [1.807, 2.05) is 44.3 Å². The Morgan fingerprint density at radius 3 is 2.79 bits per heavy atom. The molecular weight excluding hydrogens is 240 g/mol. The largest absolute Gasteiger partial charge is 0.456 e. The molecule has 0 fully saturated rings. The van der Waals surface area contributed by atoms with Crippen molar-refractivity contribution in [3.8, 4) is 0 Å². The second kappa shape index (κ2) is 6.20. The van der Waals surface area contributed by atoms with E-state index in [9.17, 15) is 4.79 Å². The third-order valence-electron chi connectivity index (χ3n) is 2.80. The van der Waals surface area contributed by atoms with E-state index in [-0.39, 0.29) is 5.91 Å². The van der Waals surface area contributed by atoms with Gasteiger partial charge in [0.25, 0.3) is 5.91 Å². The van der Waals surface area contributed by atoms with Crippen LogP contribution < -0.4 is 10.6 Å². The zero-order chi connectivity index (χ0) is 13.7. The maximum Gasteiger partial charge on any atom is 0.291 e. The Balaban J connectivity index is 2.07. The summed E-state index contributed by atoms with van der Waals surface area (Å²) in [7, 11) is 1.89. The Morgan fingerprint density at radius 1 is 1.26 bits per heavy atom. The molecule has 1 amide bonds. The number of carbonyl (C=O) groups is 1. The summed E-state index contributed by atoms with van der Waals surface area (Å²) in [6.45, 7) is 2.76. The van der Waals surface area contributed by atoms with Crippen LogP contribution in [0.5, 0.6) is 0 Å². The molecule has 4 nitrogen and oxygen atoms in total. The molecule has 0 saturated heterocycles. The molecule has 19 heavy (non-hydrogen) atoms. The molecule has 1 aromatic heterocycles. The zero-order valence-corrected chi connectivity index (χ0v) is 11.2. The van der Waals surface area contributed by atoms with Gasteiger partial charge in [0, 0.05) is 18.7 Å². The Bertz CT molecular complexity index is 561. The first-order chi connectivity index (χ1) is 9.22. The van der Waals surface area contributed by atoms with Crippen molar-refractivity contribution < 1.29 is 9.21 Å². The normalized spacial score (nSPS) is 10.4. The highest BCUT2D eigenvalue weighted by molar-refractivity contribution is 6.02. The van der Waals surface area contributed by atoms with Crippen molar-refractivity contribution in [3.63, 3.8) is 0 Å². The molecule has 0 aliphatic rings. The number of aryl methyl sites for hydroxylation is 1. The van der Waals surface area contributed by atoms with E-state index in [0.717, 1.165) is 30.0 Å². The molecule has 0 bridgehead atoms. The Hall–Kier alpha value is -2.07. The standard InChI is InChI=1S/C15H18N2O2/c1-3-13-7-8-14(19-13)15(18)17-12-6-4-5-11(9-12)10-16-2/h4-9,16H,3,10H2,1-2H3,(H,17,18). The molecule has 0 aliphatic heterocycles. The SMILES string of the molecule is CCc1ccc(C(=O)Nc2cccc(CNC)c2)o1. The summed E-state index contributed by atoms with van der Waals surface area (Å²) in [6.07, 6.45) is 0.783. The van der Waals surface area contributed by atoms with E-state index in [1.165, 1.54) is 0 Å². The highest BCUT2D eigenvalue weighted by atomic mass is 16.3. The Kier molecular flexibility index (Phi) is 4.36. The second-order valence-corrected chi connectivity index (χ2v) is 4.30. The summed E-state index contributed by atoms with van der Waals surface area (Å²) in [5, 5.41) is 5.91. The predicted octanol–water partition coefficient (Wildman–Crippen LogP) is 2.81. The monoisotopic (exact) mass is 258 g/mol. The minimum absolute atomic E-state index is 0.221. The first-order valence-corrected chi connectivity index (χ1v) is 6.36. The number of furan rings is 1. The number of amides is 1. The Labute approximate surface area is 112 Å². The fourth-order valence-electron chi connectivity index (χ4n) is 1.85. The van der Waals surface area contributed by atoms with Gasteiger partial charge in [0.2, 0.25) is 0 Å². The average Bonchev–Trinajstić information content (AvgIpc) is 2.88. The van der Waals surface area contributed by atoms with Crippen molar-refractivity contribution in [3.05, 3.63) is 53.5 Å². The topological polar surface area (TPSA) is 54.3 Å². The molecule has 0 radical (unpaired) electrons. The van der Waals surface area contributed by atoms with Crippen LogP contribution in [0.4, 0.5) is 5.69 Å². The molecule has 0 spiro atoms. The summed E-state index contributed by atoms with van der Waals surface area (Å²) in [6, 6.07) is 11.3. The van der Waals surface area contributed by atoms with Gasteiger partial charge in [0.05, 0.1) is 0 Å². The summed E-state index contributed by atoms with van der Waals surface area (Å²) < 4.78 is 5.42. The van der Waals surface area contributed by atoms with E-state index >= 15 is 0 Å². The van der Waals surface area contributed by atoms with Gasteiger partial charge >= 0.3 is 0 Å². The second-order valence-electron chi connectivity index (χ2n) is 4.30. The number of rotatable bonds is 5. The van der Waals surface area contributed by atoms with Crippen LogP contribution in [0.15, 0.2) is 40.8 Å². The maximum atomic E-state index is 12.0. The van der Waals surface area contributed by atoms with Crippen molar-refractivity contribution in [1.29, 1.82) is 0 Å². The zero-order valence-electron chi connectivity index (χ0n) is 11.2. The highest BCUT2D eigenvalue weighted by Gasteiger charge is 2.10. The third-order valence-corrected chi connectivity index (χ3v) is 2.80. The van der Waals surface area contributed by atoms with Gasteiger partial charge in [-0.3, -0.25) is 4.79 Å². The third kappa shape index (κ3) is 3.45. The van der Waals surface area contributed by atoms with E-state index in [2.05, 4.69) is 10.6 Å². The van der Waals surface area contributed by atoms with E-state index in [4.69, 9.17) is 4.42 Å². The summed E-state index contributed by atoms with van der Waals surface area (Å²) in [5.41, 5.74) is 1.89. The molecular formula is C15H18N2O2. The molecule has 0 aliphatic carbocycles. The van der Waals surface area contributed by atoms with Crippen molar-refractivity contribution in [2.75, 3.05) is 12.4 Å². The molecule has 2 N–H and O–H groups in total. The smallest absolute Gasteiger partial charge is 0.291 e. The van der Waals surface area contributed by atoms with Gasteiger partial charge in [-0.25, -0.2) is 0 Å². The summed E-state index contributed by atoms with van der Waals surface area (Å²) in [4.78, 5) is 12.0. The van der Waals surface area contributed by atoms with Crippen molar-refractivity contribution >= 4 is 11.6 Å². The van der Waals surface area contributed by atoms with E-state index < -0.39 is 0 Å². The van der Waals surface area contributed by atoms with Gasteiger partial charge in [-0.1, -0.05) is 19.1 Å². The van der Waals surface area contributed by atoms with Crippen LogP contribution in [0.3, 0.4) is 0 Å². The lowest BCUT2D eigenvalue weighted by molar-refractivity contribution is 0.0995. The predicted molar refractivity (Wildman–Crippen MR) is 75.2 cm³/mol. The summed E-state index contributed by atoms with van der Waals surface area (Å²) in [5.74, 6) is 0.936. The molecule has 1 aromatic carbocycles. The number of hydrogen-bond acceptors (Lipinski definition) is 3. The van der Waals surface area contributed by atoms with Crippen LogP contribution in [0.2, 0.25) is 0 Å². The molecule has 2 aromatic rings. The van der Waals surface area contributed by atoms with Crippen molar-refractivity contribution in [2.24, 2.45) is 0 Å². The van der Waals surface area contributed by atoms with Crippen LogP contribution in [0, 0.1) is 0 Å². The lowest BCUT2D eigenvalue weighted by Gasteiger charge is -2.06. The number of carbonyl (C=O) groups excluding carboxylic acids is 1. The summed E-state index contributed by atoms with van der Waals surface area (Å²) >= 11 is 0. The van der Waals surface area contributed by atoms with Gasteiger partial charge in [-0.15, -0.1) is 0 Å². The average molecular weight is 258 g/mol. The molecule has 0 saturated carbocycles. The van der Waals surface area contributed by atoms with Crippen LogP contribution >= 0.6 is 0 Å². The number of nitrogens with one attached hydrogen (secondary N) is 2. The van der Waals surface area contributed by atoms with Crippen LogP contribution in [0.25, 0.3) is 0 Å². The fraction of sp³-hybridized carbons (Fsp3) is 0.267. The fourth-order valence-corrected chi connectivity index (χ4v) is 1.85. The van der Waals surface area contributed by atoms with Crippen LogP contribution in [-0.2, 0) is 13.0 Å².